The van der Waals surface area contributed by atoms with Crippen molar-refractivity contribution in [3.8, 4) is 0 Å². The molecule has 1 fully saturated rings. The van der Waals surface area contributed by atoms with E-state index in [0.29, 0.717) is 5.92 Å². The van der Waals surface area contributed by atoms with Gasteiger partial charge in [0.2, 0.25) is 0 Å². The van der Waals surface area contributed by atoms with Crippen molar-refractivity contribution >= 4 is 0 Å². The van der Waals surface area contributed by atoms with Gasteiger partial charge in [0.25, 0.3) is 0 Å². The molecule has 1 aliphatic rings. The molecule has 13 heavy (non-hydrogen) atoms. The molecule has 0 aliphatic carbocycles. The lowest BCUT2D eigenvalue weighted by Crippen LogP contribution is -2.27. The van der Waals surface area contributed by atoms with Crippen LogP contribution in [0.5, 0.6) is 0 Å². The first-order valence-electron chi connectivity index (χ1n) is 4.67. The third-order valence-electron chi connectivity index (χ3n) is 2.71. The summed E-state index contributed by atoms with van der Waals surface area (Å²) < 4.78 is 4.75. The molecule has 72 valence electrons. The van der Waals surface area contributed by atoms with Gasteiger partial charge in [0, 0.05) is 5.92 Å². The van der Waals surface area contributed by atoms with Gasteiger partial charge in [-0.2, -0.15) is 0 Å². The molecule has 2 heterocycles. The maximum Gasteiger partial charge on any atom is 0.360 e. The lowest BCUT2D eigenvalue weighted by Gasteiger charge is -2.21. The summed E-state index contributed by atoms with van der Waals surface area (Å²) in [5, 5.41) is 6.02. The largest absolute Gasteiger partial charge is 0.360 e. The predicted molar refractivity (Wildman–Crippen MR) is 48.9 cm³/mol. The molecule has 4 nitrogen and oxygen atoms in total. The van der Waals surface area contributed by atoms with E-state index in [9.17, 15) is 4.79 Å². The zero-order chi connectivity index (χ0) is 9.26. The number of hydrogen-bond donors (Lipinski definition) is 2. The van der Waals surface area contributed by atoms with Crippen molar-refractivity contribution in [1.82, 2.24) is 10.5 Å². The van der Waals surface area contributed by atoms with Crippen LogP contribution in [0.25, 0.3) is 0 Å². The van der Waals surface area contributed by atoms with Crippen LogP contribution in [0.2, 0.25) is 0 Å². The highest BCUT2D eigenvalue weighted by atomic mass is 16.5. The number of nitrogens with one attached hydrogen (secondary N) is 2. The average Bonchev–Trinajstić information content (AvgIpc) is 2.49. The molecule has 1 aromatic rings. The van der Waals surface area contributed by atoms with Crippen LogP contribution < -0.4 is 10.9 Å². The van der Waals surface area contributed by atoms with E-state index in [2.05, 4.69) is 10.5 Å². The third kappa shape index (κ3) is 1.54. The van der Waals surface area contributed by atoms with Gasteiger partial charge in [-0.1, -0.05) is 0 Å². The topological polar surface area (TPSA) is 58.0 Å². The normalized spacial score (nSPS) is 19.2. The lowest BCUT2D eigenvalue weighted by atomic mass is 9.93. The minimum Gasteiger partial charge on any atom is -0.339 e. The summed E-state index contributed by atoms with van der Waals surface area (Å²) in [6, 6.07) is 0. The van der Waals surface area contributed by atoms with Crippen LogP contribution in [-0.4, -0.2) is 18.2 Å². The van der Waals surface area contributed by atoms with Gasteiger partial charge >= 0.3 is 5.63 Å². The minimum absolute atomic E-state index is 0.228. The molecule has 0 radical (unpaired) electrons. The highest BCUT2D eigenvalue weighted by molar-refractivity contribution is 5.17. The smallest absolute Gasteiger partial charge is 0.339 e. The maximum atomic E-state index is 11.1. The van der Waals surface area contributed by atoms with Crippen LogP contribution >= 0.6 is 0 Å². The second-order valence-corrected chi connectivity index (χ2v) is 3.55. The van der Waals surface area contributed by atoms with Crippen molar-refractivity contribution < 1.29 is 4.52 Å². The molecule has 0 saturated carbocycles. The third-order valence-corrected chi connectivity index (χ3v) is 2.71. The molecule has 0 spiro atoms. The molecule has 0 bridgehead atoms. The Kier molecular flexibility index (Phi) is 2.22. The Morgan fingerprint density at radius 3 is 2.62 bits per heavy atom. The number of rotatable bonds is 1. The summed E-state index contributed by atoms with van der Waals surface area (Å²) in [4.78, 5) is 11.1. The van der Waals surface area contributed by atoms with E-state index in [1.807, 2.05) is 6.92 Å². The Hall–Kier alpha value is -1.03. The van der Waals surface area contributed by atoms with Crippen LogP contribution in [0.3, 0.4) is 0 Å². The van der Waals surface area contributed by atoms with Crippen molar-refractivity contribution in [2.24, 2.45) is 0 Å². The quantitative estimate of drug-likeness (QED) is 0.673. The Labute approximate surface area is 76.3 Å². The van der Waals surface area contributed by atoms with Crippen molar-refractivity contribution in [2.45, 2.75) is 25.7 Å². The van der Waals surface area contributed by atoms with Gasteiger partial charge in [0.15, 0.2) is 0 Å². The van der Waals surface area contributed by atoms with Gasteiger partial charge < -0.3 is 9.84 Å². The minimum atomic E-state index is -0.228. The first-order valence-corrected chi connectivity index (χ1v) is 4.67. The molecule has 0 aromatic carbocycles. The first-order chi connectivity index (χ1) is 6.29. The summed E-state index contributed by atoms with van der Waals surface area (Å²) in [5.41, 5.74) is 1.51. The Morgan fingerprint density at radius 1 is 1.38 bits per heavy atom. The van der Waals surface area contributed by atoms with Crippen molar-refractivity contribution in [3.63, 3.8) is 0 Å². The molecule has 1 aliphatic heterocycles. The van der Waals surface area contributed by atoms with Crippen molar-refractivity contribution in [1.29, 1.82) is 0 Å². The van der Waals surface area contributed by atoms with Crippen molar-refractivity contribution in [3.05, 3.63) is 21.7 Å². The molecule has 4 heteroatoms. The Balaban J connectivity index is 2.23. The number of H-pyrrole nitrogens is 1. The number of aromatic amines is 1. The van der Waals surface area contributed by atoms with E-state index < -0.39 is 0 Å². The molecule has 0 unspecified atom stereocenters. The summed E-state index contributed by atoms with van der Waals surface area (Å²) in [5.74, 6) is 0.465. The molecule has 0 atom stereocenters. The maximum absolute atomic E-state index is 11.1. The van der Waals surface area contributed by atoms with Crippen molar-refractivity contribution in [2.75, 3.05) is 13.1 Å². The van der Waals surface area contributed by atoms with Gasteiger partial charge in [0.1, 0.15) is 0 Å². The summed E-state index contributed by atoms with van der Waals surface area (Å²) >= 11 is 0. The lowest BCUT2D eigenvalue weighted by molar-refractivity contribution is 0.367. The molecule has 2 rings (SSSR count). The van der Waals surface area contributed by atoms with Crippen LogP contribution in [-0.2, 0) is 0 Å². The molecule has 1 aromatic heterocycles. The standard InChI is InChI=1S/C9H14N2O2/c1-6-8(11-13-9(6)12)7-2-4-10-5-3-7/h7,10-11H,2-5H2,1H3. The average molecular weight is 182 g/mol. The van der Waals surface area contributed by atoms with Crippen LogP contribution in [0.4, 0.5) is 0 Å². The van der Waals surface area contributed by atoms with Crippen LogP contribution in [0.1, 0.15) is 30.0 Å². The summed E-state index contributed by atoms with van der Waals surface area (Å²) in [6.07, 6.45) is 2.16. The predicted octanol–water partition coefficient (Wildman–Crippen LogP) is 0.743. The summed E-state index contributed by atoms with van der Waals surface area (Å²) in [6.45, 7) is 3.87. The Bertz CT molecular complexity index is 334. The van der Waals surface area contributed by atoms with E-state index in [0.717, 1.165) is 37.2 Å². The van der Waals surface area contributed by atoms with Gasteiger partial charge in [-0.25, -0.2) is 9.95 Å². The van der Waals surface area contributed by atoms with E-state index >= 15 is 0 Å². The molecular formula is C9H14N2O2. The van der Waals surface area contributed by atoms with E-state index in [1.54, 1.807) is 0 Å². The fourth-order valence-electron chi connectivity index (χ4n) is 1.86. The number of aromatic nitrogens is 1. The van der Waals surface area contributed by atoms with E-state index in [1.165, 1.54) is 0 Å². The number of piperidine rings is 1. The zero-order valence-electron chi connectivity index (χ0n) is 7.72. The summed E-state index contributed by atoms with van der Waals surface area (Å²) in [7, 11) is 0. The van der Waals surface area contributed by atoms with E-state index in [-0.39, 0.29) is 5.63 Å². The van der Waals surface area contributed by atoms with Gasteiger partial charge in [-0.15, -0.1) is 0 Å². The monoisotopic (exact) mass is 182 g/mol. The van der Waals surface area contributed by atoms with Gasteiger partial charge in [-0.3, -0.25) is 0 Å². The second-order valence-electron chi connectivity index (χ2n) is 3.55. The number of hydrogen-bond acceptors (Lipinski definition) is 3. The molecule has 2 N–H and O–H groups in total. The van der Waals surface area contributed by atoms with Crippen LogP contribution in [0.15, 0.2) is 9.32 Å². The Morgan fingerprint density at radius 2 is 2.08 bits per heavy atom. The molecule has 1 saturated heterocycles. The van der Waals surface area contributed by atoms with Gasteiger partial charge in [-0.05, 0) is 32.9 Å². The molecule has 0 amide bonds. The SMILES string of the molecule is Cc1c(C2CCNCC2)[nH]oc1=O. The fourth-order valence-corrected chi connectivity index (χ4v) is 1.86. The highest BCUT2D eigenvalue weighted by Gasteiger charge is 2.20. The molecular weight excluding hydrogens is 168 g/mol. The van der Waals surface area contributed by atoms with E-state index in [4.69, 9.17) is 4.52 Å². The second kappa shape index (κ2) is 3.38. The van der Waals surface area contributed by atoms with Gasteiger partial charge in [0.05, 0.1) is 11.3 Å². The zero-order valence-corrected chi connectivity index (χ0v) is 7.72. The fraction of sp³-hybridized carbons (Fsp3) is 0.667. The highest BCUT2D eigenvalue weighted by Crippen LogP contribution is 2.24. The van der Waals surface area contributed by atoms with Crippen LogP contribution in [0, 0.1) is 6.92 Å². The first kappa shape index (κ1) is 8.56.